The first-order chi connectivity index (χ1) is 6.73. The molecule has 4 atom stereocenters. The van der Waals surface area contributed by atoms with Gasteiger partial charge in [-0.3, -0.25) is 0 Å². The zero-order chi connectivity index (χ0) is 10.2. The van der Waals surface area contributed by atoms with Gasteiger partial charge >= 0.3 is 0 Å². The van der Waals surface area contributed by atoms with E-state index in [9.17, 15) is 0 Å². The maximum absolute atomic E-state index is 5.84. The van der Waals surface area contributed by atoms with E-state index in [2.05, 4.69) is 5.32 Å². The van der Waals surface area contributed by atoms with Crippen molar-refractivity contribution in [1.29, 1.82) is 0 Å². The van der Waals surface area contributed by atoms with Gasteiger partial charge in [-0.1, -0.05) is 0 Å². The number of hydrogen-bond acceptors (Lipinski definition) is 4. The Hall–Kier alpha value is -0.0951. The Labute approximate surface area is 85.7 Å². The monoisotopic (exact) mass is 197 g/mol. The van der Waals surface area contributed by atoms with E-state index >= 15 is 0 Å². The van der Waals surface area contributed by atoms with Crippen LogP contribution in [0.25, 0.3) is 0 Å². The van der Waals surface area contributed by atoms with Gasteiger partial charge in [0.15, 0.2) is 0 Å². The molecule has 5 heteroatoms. The minimum Gasteiger partial charge on any atom is -0.385 e. The summed E-state index contributed by atoms with van der Waals surface area (Å²) in [5.74, 6) is 0. The number of hydrogen-bond donors (Lipinski definition) is 1. The summed E-state index contributed by atoms with van der Waals surface area (Å²) in [4.78, 5) is 0. The molecule has 2 radical (unpaired) electrons. The lowest BCUT2D eigenvalue weighted by Gasteiger charge is -2.31. The first kappa shape index (κ1) is 10.4. The molecule has 0 aromatic carbocycles. The van der Waals surface area contributed by atoms with Crippen LogP contribution in [0.1, 0.15) is 6.42 Å². The number of nitrogens with one attached hydrogen (secondary N) is 1. The topological polar surface area (TPSA) is 39.7 Å². The highest BCUT2D eigenvalue weighted by atomic mass is 16.6. The molecule has 0 spiro atoms. The highest BCUT2D eigenvalue weighted by molar-refractivity contribution is 6.12. The van der Waals surface area contributed by atoms with Gasteiger partial charge in [0.1, 0.15) is 19.6 Å². The quantitative estimate of drug-likeness (QED) is 0.603. The molecule has 2 fully saturated rings. The minimum atomic E-state index is -0.283. The second kappa shape index (κ2) is 3.81. The van der Waals surface area contributed by atoms with Crippen molar-refractivity contribution in [1.82, 2.24) is 5.32 Å². The molecule has 0 aliphatic carbocycles. The van der Waals surface area contributed by atoms with Crippen molar-refractivity contribution in [3.8, 4) is 0 Å². The standard InChI is InChI=1S/C9H16BNO3/c1-12-4-3-9-5-11-6(7(9)13-2)8(10)14-9/h6-8,11H,3-5H2,1-2H3/t6-,7?,8-,9-/m1/s1. The normalized spacial score (nSPS) is 46.0. The third-order valence-corrected chi connectivity index (χ3v) is 3.19. The zero-order valence-corrected chi connectivity index (χ0v) is 8.66. The van der Waals surface area contributed by atoms with Crippen molar-refractivity contribution in [2.75, 3.05) is 27.4 Å². The van der Waals surface area contributed by atoms with Crippen LogP contribution in [-0.4, -0.2) is 59.0 Å². The van der Waals surface area contributed by atoms with Crippen LogP contribution in [0.4, 0.5) is 0 Å². The van der Waals surface area contributed by atoms with Crippen LogP contribution in [0.5, 0.6) is 0 Å². The van der Waals surface area contributed by atoms with E-state index in [0.29, 0.717) is 6.61 Å². The summed E-state index contributed by atoms with van der Waals surface area (Å²) in [7, 11) is 9.23. The van der Waals surface area contributed by atoms with Crippen LogP contribution >= 0.6 is 0 Å². The molecule has 0 amide bonds. The first-order valence-corrected chi connectivity index (χ1v) is 4.92. The van der Waals surface area contributed by atoms with E-state index in [1.54, 1.807) is 14.2 Å². The van der Waals surface area contributed by atoms with E-state index in [4.69, 9.17) is 22.1 Å². The fourth-order valence-corrected chi connectivity index (χ4v) is 2.49. The number of morpholine rings is 1. The van der Waals surface area contributed by atoms with E-state index in [1.165, 1.54) is 0 Å². The molecule has 2 bridgehead atoms. The molecule has 78 valence electrons. The summed E-state index contributed by atoms with van der Waals surface area (Å²) < 4.78 is 16.3. The third kappa shape index (κ3) is 1.39. The Balaban J connectivity index is 2.08. The summed E-state index contributed by atoms with van der Waals surface area (Å²) in [6, 6.07) is -0.137. The lowest BCUT2D eigenvalue weighted by Crippen LogP contribution is -2.45. The minimum absolute atomic E-state index is 0.0487. The summed E-state index contributed by atoms with van der Waals surface area (Å²) in [6.45, 7) is 1.47. The molecular formula is C9H16BNO3. The van der Waals surface area contributed by atoms with Crippen LogP contribution in [0.2, 0.25) is 0 Å². The maximum Gasteiger partial charge on any atom is 0.111 e. The summed E-state index contributed by atoms with van der Waals surface area (Å²) in [6.07, 6.45) is 0.867. The molecule has 2 rings (SSSR count). The van der Waals surface area contributed by atoms with Gasteiger partial charge in [0.2, 0.25) is 0 Å². The van der Waals surface area contributed by atoms with E-state index in [0.717, 1.165) is 13.0 Å². The predicted molar refractivity (Wildman–Crippen MR) is 52.4 cm³/mol. The number of methoxy groups -OCH3 is 2. The van der Waals surface area contributed by atoms with E-state index in [1.807, 2.05) is 0 Å². The SMILES string of the molecule is [B][C@@H]1O[C@]2(CCOC)CN[C@@H]1C2OC. The zero-order valence-electron chi connectivity index (χ0n) is 8.66. The van der Waals surface area contributed by atoms with Gasteiger partial charge in [0.25, 0.3) is 0 Å². The average Bonchev–Trinajstić information content (AvgIpc) is 2.66. The lowest BCUT2D eigenvalue weighted by atomic mass is 9.90. The van der Waals surface area contributed by atoms with Crippen LogP contribution in [0.3, 0.4) is 0 Å². The Morgan fingerprint density at radius 2 is 2.36 bits per heavy atom. The average molecular weight is 197 g/mol. The molecule has 1 unspecified atom stereocenters. The predicted octanol–water partition coefficient (Wildman–Crippen LogP) is -0.727. The van der Waals surface area contributed by atoms with E-state index < -0.39 is 0 Å². The van der Waals surface area contributed by atoms with Crippen molar-refractivity contribution in [3.63, 3.8) is 0 Å². The van der Waals surface area contributed by atoms with Gasteiger partial charge < -0.3 is 19.5 Å². The molecule has 2 heterocycles. The molecule has 4 nitrogen and oxygen atoms in total. The molecule has 2 aliphatic heterocycles. The maximum atomic E-state index is 5.84. The second-order valence-electron chi connectivity index (χ2n) is 3.95. The number of ether oxygens (including phenoxy) is 3. The van der Waals surface area contributed by atoms with Crippen molar-refractivity contribution in [3.05, 3.63) is 0 Å². The summed E-state index contributed by atoms with van der Waals surface area (Å²) in [5, 5.41) is 3.33. The molecule has 0 saturated carbocycles. The fraction of sp³-hybridized carbons (Fsp3) is 1.00. The molecule has 2 saturated heterocycles. The molecule has 14 heavy (non-hydrogen) atoms. The Morgan fingerprint density at radius 1 is 1.57 bits per heavy atom. The van der Waals surface area contributed by atoms with Crippen LogP contribution in [0, 0.1) is 0 Å². The Kier molecular flexibility index (Phi) is 2.84. The number of rotatable bonds is 4. The number of fused-ring (bicyclic) bond motifs is 2. The Bertz CT molecular complexity index is 216. The first-order valence-electron chi connectivity index (χ1n) is 4.92. The van der Waals surface area contributed by atoms with Gasteiger partial charge in [0, 0.05) is 39.8 Å². The third-order valence-electron chi connectivity index (χ3n) is 3.19. The van der Waals surface area contributed by atoms with Gasteiger partial charge in [0.05, 0.1) is 6.04 Å². The van der Waals surface area contributed by atoms with Crippen LogP contribution < -0.4 is 5.32 Å². The fourth-order valence-electron chi connectivity index (χ4n) is 2.49. The van der Waals surface area contributed by atoms with Crippen LogP contribution in [-0.2, 0) is 14.2 Å². The molecular weight excluding hydrogens is 181 g/mol. The van der Waals surface area contributed by atoms with Crippen molar-refractivity contribution in [2.24, 2.45) is 0 Å². The van der Waals surface area contributed by atoms with Crippen LogP contribution in [0.15, 0.2) is 0 Å². The van der Waals surface area contributed by atoms with Gasteiger partial charge in [-0.15, -0.1) is 0 Å². The molecule has 1 N–H and O–H groups in total. The largest absolute Gasteiger partial charge is 0.385 e. The van der Waals surface area contributed by atoms with Gasteiger partial charge in [-0.2, -0.15) is 0 Å². The van der Waals surface area contributed by atoms with Gasteiger partial charge in [-0.05, 0) is 0 Å². The highest BCUT2D eigenvalue weighted by Gasteiger charge is 2.58. The van der Waals surface area contributed by atoms with Gasteiger partial charge in [-0.25, -0.2) is 0 Å². The second-order valence-corrected chi connectivity index (χ2v) is 3.95. The molecule has 0 aromatic heterocycles. The summed E-state index contributed by atoms with van der Waals surface area (Å²) >= 11 is 0. The highest BCUT2D eigenvalue weighted by Crippen LogP contribution is 2.39. The molecule has 0 aromatic rings. The smallest absolute Gasteiger partial charge is 0.111 e. The van der Waals surface area contributed by atoms with Crippen molar-refractivity contribution >= 4 is 7.85 Å². The van der Waals surface area contributed by atoms with E-state index in [-0.39, 0.29) is 23.8 Å². The van der Waals surface area contributed by atoms with Crippen molar-refractivity contribution < 1.29 is 14.2 Å². The van der Waals surface area contributed by atoms with Crippen molar-refractivity contribution in [2.45, 2.75) is 30.2 Å². The Morgan fingerprint density at radius 3 is 2.93 bits per heavy atom. The lowest BCUT2D eigenvalue weighted by molar-refractivity contribution is -0.0842. The molecule has 2 aliphatic rings. The summed E-state index contributed by atoms with van der Waals surface area (Å²) in [5.41, 5.74) is -0.283.